The second-order valence-corrected chi connectivity index (χ2v) is 14.2. The van der Waals surface area contributed by atoms with Gasteiger partial charge in [0.1, 0.15) is 8.07 Å². The Morgan fingerprint density at radius 2 is 1.34 bits per heavy atom. The van der Waals surface area contributed by atoms with Crippen LogP contribution in [-0.4, -0.2) is 12.6 Å². The van der Waals surface area contributed by atoms with Gasteiger partial charge in [-0.25, -0.2) is 0 Å². The molecule has 0 N–H and O–H groups in total. The van der Waals surface area contributed by atoms with Gasteiger partial charge in [0.05, 0.1) is 11.2 Å². The van der Waals surface area contributed by atoms with Crippen LogP contribution in [0.5, 0.6) is 0 Å². The van der Waals surface area contributed by atoms with E-state index in [1.807, 2.05) is 0 Å². The molecule has 0 unspecified atom stereocenters. The van der Waals surface area contributed by atoms with Crippen LogP contribution in [-0.2, 0) is 0 Å². The molecule has 1 nitrogen and oxygen atoms in total. The summed E-state index contributed by atoms with van der Waals surface area (Å²) in [6.45, 7) is 12.0. The number of nitrogens with zero attached hydrogens (tertiary/aromatic N) is 1. The van der Waals surface area contributed by atoms with Gasteiger partial charge in [0.25, 0.3) is 0 Å². The number of aryl methyl sites for hydroxylation is 1. The summed E-state index contributed by atoms with van der Waals surface area (Å²) < 4.78 is 2.53. The highest BCUT2D eigenvalue weighted by atomic mass is 28.3. The van der Waals surface area contributed by atoms with Crippen LogP contribution >= 0.6 is 0 Å². The number of aromatic nitrogens is 1. The highest BCUT2D eigenvalue weighted by Crippen LogP contribution is 2.45. The van der Waals surface area contributed by atoms with Gasteiger partial charge in [0.2, 0.25) is 0 Å². The topological polar surface area (TPSA) is 4.93 Å². The van der Waals surface area contributed by atoms with Crippen molar-refractivity contribution in [1.29, 1.82) is 0 Å². The summed E-state index contributed by atoms with van der Waals surface area (Å²) in [5, 5.41) is 4.73. The molecular weight excluding hydrogens is 366 g/mol. The Kier molecular flexibility index (Phi) is 4.11. The number of rotatable bonds is 3. The third-order valence-electron chi connectivity index (χ3n) is 7.03. The number of fused-ring (bicyclic) bond motifs is 5. The monoisotopic (exact) mass is 395 g/mol. The van der Waals surface area contributed by atoms with Crippen molar-refractivity contribution in [2.45, 2.75) is 45.7 Å². The Morgan fingerprint density at radius 1 is 0.724 bits per heavy atom. The van der Waals surface area contributed by atoms with Crippen LogP contribution in [0.3, 0.4) is 0 Å². The first kappa shape index (κ1) is 18.4. The zero-order valence-electron chi connectivity index (χ0n) is 18.0. The van der Waals surface area contributed by atoms with Crippen molar-refractivity contribution in [2.75, 3.05) is 0 Å². The smallest absolute Gasteiger partial charge is 0.127 e. The SMILES string of the molecule is Cc1ccc(-n2c3c(c4ccccc42)[Si](C(C)C)(C(C)C)c2ccccc2-3)cc1. The summed E-state index contributed by atoms with van der Waals surface area (Å²) in [5.41, 5.74) is 8.09. The summed E-state index contributed by atoms with van der Waals surface area (Å²) >= 11 is 0. The van der Waals surface area contributed by atoms with Crippen LogP contribution in [0.15, 0.2) is 72.8 Å². The molecule has 5 rings (SSSR count). The van der Waals surface area contributed by atoms with Crippen LogP contribution in [0.25, 0.3) is 27.8 Å². The van der Waals surface area contributed by atoms with E-state index >= 15 is 0 Å². The van der Waals surface area contributed by atoms with Crippen molar-refractivity contribution in [1.82, 2.24) is 4.57 Å². The van der Waals surface area contributed by atoms with Crippen molar-refractivity contribution in [2.24, 2.45) is 0 Å². The number of hydrogen-bond acceptors (Lipinski definition) is 0. The molecule has 0 radical (unpaired) electrons. The zero-order valence-corrected chi connectivity index (χ0v) is 19.0. The van der Waals surface area contributed by atoms with Crippen LogP contribution in [0.2, 0.25) is 11.1 Å². The molecule has 4 aromatic rings. The van der Waals surface area contributed by atoms with E-state index in [0.29, 0.717) is 11.1 Å². The maximum Gasteiger partial charge on any atom is 0.127 e. The van der Waals surface area contributed by atoms with Gasteiger partial charge in [-0.1, -0.05) is 87.9 Å². The fourth-order valence-electron chi connectivity index (χ4n) is 5.93. The minimum absolute atomic E-state index is 0.641. The maximum atomic E-state index is 2.53. The van der Waals surface area contributed by atoms with Crippen LogP contribution in [0.4, 0.5) is 0 Å². The summed E-state index contributed by atoms with van der Waals surface area (Å²) in [5.74, 6) is 0. The molecule has 0 spiro atoms. The summed E-state index contributed by atoms with van der Waals surface area (Å²) in [7, 11) is -1.94. The van der Waals surface area contributed by atoms with Crippen molar-refractivity contribution >= 4 is 29.4 Å². The van der Waals surface area contributed by atoms with Gasteiger partial charge in [-0.15, -0.1) is 0 Å². The molecule has 2 heterocycles. The highest BCUT2D eigenvalue weighted by Gasteiger charge is 2.52. The average Bonchev–Trinajstić information content (AvgIpc) is 3.20. The lowest BCUT2D eigenvalue weighted by atomic mass is 10.1. The quantitative estimate of drug-likeness (QED) is 0.359. The van der Waals surface area contributed by atoms with E-state index in [9.17, 15) is 0 Å². The van der Waals surface area contributed by atoms with Crippen molar-refractivity contribution in [3.63, 3.8) is 0 Å². The average molecular weight is 396 g/mol. The first-order valence-corrected chi connectivity index (χ1v) is 12.9. The number of hydrogen-bond donors (Lipinski definition) is 0. The van der Waals surface area contributed by atoms with Crippen LogP contribution < -0.4 is 10.4 Å². The molecule has 2 heteroatoms. The molecule has 1 aliphatic heterocycles. The molecule has 3 aromatic carbocycles. The van der Waals surface area contributed by atoms with Crippen LogP contribution in [0.1, 0.15) is 33.3 Å². The normalized spacial score (nSPS) is 14.6. The minimum Gasteiger partial charge on any atom is -0.309 e. The zero-order chi connectivity index (χ0) is 20.3. The predicted octanol–water partition coefficient (Wildman–Crippen LogP) is 6.30. The Bertz CT molecular complexity index is 1200. The fourth-order valence-corrected chi connectivity index (χ4v) is 12.2. The molecule has 146 valence electrons. The number of benzene rings is 3. The molecule has 29 heavy (non-hydrogen) atoms. The van der Waals surface area contributed by atoms with Gasteiger partial charge in [0.15, 0.2) is 0 Å². The minimum atomic E-state index is -1.94. The molecule has 0 saturated heterocycles. The van der Waals surface area contributed by atoms with Gasteiger partial charge in [0, 0.05) is 11.1 Å². The summed E-state index contributed by atoms with van der Waals surface area (Å²) in [6.07, 6.45) is 0. The predicted molar refractivity (Wildman–Crippen MR) is 129 cm³/mol. The largest absolute Gasteiger partial charge is 0.309 e. The second kappa shape index (κ2) is 6.46. The van der Waals surface area contributed by atoms with E-state index in [1.165, 1.54) is 33.4 Å². The van der Waals surface area contributed by atoms with Gasteiger partial charge in [-0.05, 0) is 52.1 Å². The van der Waals surface area contributed by atoms with Crippen LogP contribution in [0, 0.1) is 6.92 Å². The van der Waals surface area contributed by atoms with E-state index in [-0.39, 0.29) is 0 Å². The molecule has 0 saturated carbocycles. The van der Waals surface area contributed by atoms with E-state index < -0.39 is 8.07 Å². The molecule has 0 amide bonds. The first-order chi connectivity index (χ1) is 14.0. The van der Waals surface area contributed by atoms with Crippen molar-refractivity contribution < 1.29 is 0 Å². The molecular formula is C27H29NSi. The van der Waals surface area contributed by atoms with E-state index in [0.717, 1.165) is 0 Å². The maximum absolute atomic E-state index is 2.53. The summed E-state index contributed by atoms with van der Waals surface area (Å²) in [4.78, 5) is 0. The lowest BCUT2D eigenvalue weighted by molar-refractivity contribution is 0.931. The van der Waals surface area contributed by atoms with Gasteiger partial charge in [-0.2, -0.15) is 0 Å². The third kappa shape index (κ3) is 2.33. The van der Waals surface area contributed by atoms with Gasteiger partial charge in [-0.3, -0.25) is 0 Å². The van der Waals surface area contributed by atoms with Crippen molar-refractivity contribution in [3.05, 3.63) is 78.4 Å². The summed E-state index contributed by atoms with van der Waals surface area (Å²) in [6, 6.07) is 27.3. The first-order valence-electron chi connectivity index (χ1n) is 10.8. The number of para-hydroxylation sites is 1. The molecule has 0 aliphatic carbocycles. The van der Waals surface area contributed by atoms with Gasteiger partial charge < -0.3 is 4.57 Å². The fraction of sp³-hybridized carbons (Fsp3) is 0.259. The highest BCUT2D eigenvalue weighted by molar-refractivity contribution is 7.08. The Hall–Kier alpha value is -2.58. The van der Waals surface area contributed by atoms with Gasteiger partial charge >= 0.3 is 0 Å². The molecule has 0 atom stereocenters. The lowest BCUT2D eigenvalue weighted by Crippen LogP contribution is -2.60. The Labute approximate surface area is 175 Å². The Morgan fingerprint density at radius 3 is 2.03 bits per heavy atom. The Balaban J connectivity index is 2.00. The molecule has 1 aliphatic rings. The standard InChI is InChI=1S/C27H29NSi/c1-18(2)29(19(3)4)25-13-9-7-11-23(25)26-27(29)22-10-6-8-12-24(22)28(26)21-16-14-20(5)15-17-21/h6-19H,1-5H3. The van der Waals surface area contributed by atoms with Crippen molar-refractivity contribution in [3.8, 4) is 16.9 Å². The molecule has 0 bridgehead atoms. The lowest BCUT2D eigenvalue weighted by Gasteiger charge is -2.37. The second-order valence-electron chi connectivity index (χ2n) is 9.14. The molecule has 1 aromatic heterocycles. The third-order valence-corrected chi connectivity index (χ3v) is 13.3. The van der Waals surface area contributed by atoms with E-state index in [1.54, 1.807) is 10.4 Å². The van der Waals surface area contributed by atoms with E-state index in [2.05, 4.69) is 112 Å². The van der Waals surface area contributed by atoms with E-state index in [4.69, 9.17) is 0 Å². The molecule has 0 fully saturated rings.